The number of alkyl halides is 1. The topological polar surface area (TPSA) is 26.3 Å². The van der Waals surface area contributed by atoms with Gasteiger partial charge in [-0.25, -0.2) is 0 Å². The molecule has 0 aliphatic carbocycles. The first-order chi connectivity index (χ1) is 9.28. The fourth-order valence-electron chi connectivity index (χ4n) is 1.56. The quantitative estimate of drug-likeness (QED) is 0.364. The monoisotopic (exact) mass is 272 g/mol. The molecule has 0 spiro atoms. The smallest absolute Gasteiger partial charge is 0.326 e. The van der Waals surface area contributed by atoms with E-state index < -0.39 is 5.97 Å². The van der Waals surface area contributed by atoms with E-state index in [0.717, 1.165) is 11.1 Å². The third-order valence-corrected chi connectivity index (χ3v) is 2.71. The summed E-state index contributed by atoms with van der Waals surface area (Å²) in [5.41, 5.74) is 2.18. The molecular weight excluding hydrogens is 260 g/mol. The predicted octanol–water partition coefficient (Wildman–Crippen LogP) is 4.00. The second kappa shape index (κ2) is 6.76. The van der Waals surface area contributed by atoms with Gasteiger partial charge in [0.15, 0.2) is 0 Å². The van der Waals surface area contributed by atoms with Gasteiger partial charge in [0.2, 0.25) is 0 Å². The lowest BCUT2D eigenvalue weighted by Crippen LogP contribution is -2.08. The van der Waals surface area contributed by atoms with Crippen LogP contribution < -0.4 is 4.74 Å². The molecule has 0 unspecified atom stereocenters. The van der Waals surface area contributed by atoms with Gasteiger partial charge >= 0.3 is 5.97 Å². The molecule has 0 bridgehead atoms. The Kier molecular flexibility index (Phi) is 4.76. The van der Waals surface area contributed by atoms with Crippen molar-refractivity contribution in [3.63, 3.8) is 0 Å². The van der Waals surface area contributed by atoms with E-state index in [2.05, 4.69) is 0 Å². The molecule has 0 saturated carbocycles. The number of rotatable bonds is 4. The van der Waals surface area contributed by atoms with Crippen LogP contribution in [0.5, 0.6) is 5.75 Å². The summed E-state index contributed by atoms with van der Waals surface area (Å²) in [4.78, 5) is 11.0. The molecule has 0 aromatic heterocycles. The highest BCUT2D eigenvalue weighted by atomic mass is 35.5. The maximum absolute atomic E-state index is 11.0. The average Bonchev–Trinajstić information content (AvgIpc) is 2.47. The van der Waals surface area contributed by atoms with E-state index >= 15 is 0 Å². The van der Waals surface area contributed by atoms with Gasteiger partial charge in [0.25, 0.3) is 0 Å². The molecule has 2 rings (SSSR count). The van der Waals surface area contributed by atoms with Crippen molar-refractivity contribution in [3.8, 4) is 5.75 Å². The van der Waals surface area contributed by atoms with Crippen molar-refractivity contribution in [2.75, 3.05) is 5.88 Å². The van der Waals surface area contributed by atoms with E-state index in [0.29, 0.717) is 5.75 Å². The summed E-state index contributed by atoms with van der Waals surface area (Å²) in [7, 11) is 0. The SMILES string of the molecule is O=C(CCl)Oc1ccc(/C=C/c2ccccc2)cc1. The van der Waals surface area contributed by atoms with Crippen molar-refractivity contribution in [1.82, 2.24) is 0 Å². The van der Waals surface area contributed by atoms with Gasteiger partial charge in [0.1, 0.15) is 11.6 Å². The van der Waals surface area contributed by atoms with Crippen LogP contribution in [0.3, 0.4) is 0 Å². The van der Waals surface area contributed by atoms with Crippen molar-refractivity contribution < 1.29 is 9.53 Å². The summed E-state index contributed by atoms with van der Waals surface area (Å²) in [5, 5.41) is 0. The zero-order chi connectivity index (χ0) is 13.5. The van der Waals surface area contributed by atoms with Gasteiger partial charge in [-0.15, -0.1) is 11.6 Å². The molecule has 3 heteroatoms. The number of carbonyl (C=O) groups excluding carboxylic acids is 1. The van der Waals surface area contributed by atoms with Crippen LogP contribution in [0.25, 0.3) is 12.2 Å². The van der Waals surface area contributed by atoms with Crippen LogP contribution in [0.1, 0.15) is 11.1 Å². The molecule has 0 N–H and O–H groups in total. The number of esters is 1. The standard InChI is InChI=1S/C16H13ClO2/c17-12-16(18)19-15-10-8-14(9-11-15)7-6-13-4-2-1-3-5-13/h1-11H,12H2/b7-6+. The molecule has 0 atom stereocenters. The Bertz CT molecular complexity index is 559. The van der Waals surface area contributed by atoms with Crippen LogP contribution in [0.2, 0.25) is 0 Å². The van der Waals surface area contributed by atoms with Crippen LogP contribution in [0.4, 0.5) is 0 Å². The average molecular weight is 273 g/mol. The lowest BCUT2D eigenvalue weighted by atomic mass is 10.1. The summed E-state index contributed by atoms with van der Waals surface area (Å²) in [5.74, 6) is -0.0906. The molecule has 2 aromatic rings. The van der Waals surface area contributed by atoms with Crippen molar-refractivity contribution >= 4 is 29.7 Å². The van der Waals surface area contributed by atoms with E-state index in [1.807, 2.05) is 54.6 Å². The number of hydrogen-bond donors (Lipinski definition) is 0. The Balaban J connectivity index is 2.03. The van der Waals surface area contributed by atoms with Gasteiger partial charge in [-0.05, 0) is 23.3 Å². The van der Waals surface area contributed by atoms with Gasteiger partial charge in [0, 0.05) is 0 Å². The zero-order valence-corrected chi connectivity index (χ0v) is 11.0. The largest absolute Gasteiger partial charge is 0.426 e. The van der Waals surface area contributed by atoms with Crippen LogP contribution in [0.15, 0.2) is 54.6 Å². The van der Waals surface area contributed by atoms with Gasteiger partial charge in [-0.1, -0.05) is 54.6 Å². The molecular formula is C16H13ClO2. The highest BCUT2D eigenvalue weighted by Gasteiger charge is 2.01. The summed E-state index contributed by atoms with van der Waals surface area (Å²) in [6, 6.07) is 17.3. The Morgan fingerprint density at radius 1 is 0.947 bits per heavy atom. The molecule has 2 nitrogen and oxygen atoms in total. The number of benzene rings is 2. The second-order valence-electron chi connectivity index (χ2n) is 3.92. The third-order valence-electron chi connectivity index (χ3n) is 2.49. The normalized spacial score (nSPS) is 10.6. The zero-order valence-electron chi connectivity index (χ0n) is 10.3. The Labute approximate surface area is 117 Å². The summed E-state index contributed by atoms with van der Waals surface area (Å²) in [6.07, 6.45) is 4.03. The molecule has 0 saturated heterocycles. The highest BCUT2D eigenvalue weighted by molar-refractivity contribution is 6.26. The van der Waals surface area contributed by atoms with Crippen molar-refractivity contribution in [1.29, 1.82) is 0 Å². The molecule has 0 aliphatic heterocycles. The van der Waals surface area contributed by atoms with E-state index in [1.165, 1.54) is 0 Å². The van der Waals surface area contributed by atoms with Crippen molar-refractivity contribution in [2.24, 2.45) is 0 Å². The van der Waals surface area contributed by atoms with E-state index in [9.17, 15) is 4.79 Å². The molecule has 2 aromatic carbocycles. The van der Waals surface area contributed by atoms with Crippen molar-refractivity contribution in [2.45, 2.75) is 0 Å². The van der Waals surface area contributed by atoms with Crippen LogP contribution in [-0.4, -0.2) is 11.8 Å². The molecule has 19 heavy (non-hydrogen) atoms. The van der Waals surface area contributed by atoms with Gasteiger partial charge < -0.3 is 4.74 Å². The lowest BCUT2D eigenvalue weighted by Gasteiger charge is -2.02. The molecule has 0 fully saturated rings. The maximum Gasteiger partial charge on any atom is 0.326 e. The van der Waals surface area contributed by atoms with Gasteiger partial charge in [-0.2, -0.15) is 0 Å². The minimum absolute atomic E-state index is 0.143. The van der Waals surface area contributed by atoms with E-state index in [1.54, 1.807) is 12.1 Å². The Morgan fingerprint density at radius 3 is 2.11 bits per heavy atom. The first kappa shape index (κ1) is 13.4. The molecule has 0 aliphatic rings. The lowest BCUT2D eigenvalue weighted by molar-refractivity contribution is -0.131. The van der Waals surface area contributed by atoms with E-state index in [-0.39, 0.29) is 5.88 Å². The number of hydrogen-bond acceptors (Lipinski definition) is 2. The summed E-state index contributed by atoms with van der Waals surface area (Å²) in [6.45, 7) is 0. The fourth-order valence-corrected chi connectivity index (χ4v) is 1.62. The second-order valence-corrected chi connectivity index (χ2v) is 4.19. The van der Waals surface area contributed by atoms with Crippen LogP contribution in [-0.2, 0) is 4.79 Å². The molecule has 0 radical (unpaired) electrons. The first-order valence-corrected chi connectivity index (χ1v) is 6.41. The third kappa shape index (κ3) is 4.27. The highest BCUT2D eigenvalue weighted by Crippen LogP contribution is 2.14. The number of carbonyl (C=O) groups is 1. The number of ether oxygens (including phenoxy) is 1. The van der Waals surface area contributed by atoms with E-state index in [4.69, 9.17) is 16.3 Å². The van der Waals surface area contributed by atoms with Crippen molar-refractivity contribution in [3.05, 3.63) is 65.7 Å². The molecule has 0 heterocycles. The number of halogens is 1. The fraction of sp³-hybridized carbons (Fsp3) is 0.0625. The van der Waals surface area contributed by atoms with Crippen LogP contribution in [0, 0.1) is 0 Å². The summed E-state index contributed by atoms with van der Waals surface area (Å²) >= 11 is 5.37. The molecule has 0 amide bonds. The predicted molar refractivity (Wildman–Crippen MR) is 78.2 cm³/mol. The van der Waals surface area contributed by atoms with Gasteiger partial charge in [0.05, 0.1) is 0 Å². The Hall–Kier alpha value is -2.06. The Morgan fingerprint density at radius 2 is 1.53 bits per heavy atom. The minimum atomic E-state index is -0.450. The summed E-state index contributed by atoms with van der Waals surface area (Å²) < 4.78 is 4.99. The maximum atomic E-state index is 11.0. The first-order valence-electron chi connectivity index (χ1n) is 5.88. The van der Waals surface area contributed by atoms with Gasteiger partial charge in [-0.3, -0.25) is 4.79 Å². The minimum Gasteiger partial charge on any atom is -0.426 e. The van der Waals surface area contributed by atoms with Crippen LogP contribution >= 0.6 is 11.6 Å². The molecule has 96 valence electrons.